The van der Waals surface area contributed by atoms with Crippen molar-refractivity contribution in [3.63, 3.8) is 0 Å². The number of carbonyl (C=O) groups excluding carboxylic acids is 1. The fourth-order valence-electron chi connectivity index (χ4n) is 1.10. The van der Waals surface area contributed by atoms with E-state index in [0.29, 0.717) is 5.69 Å². The van der Waals surface area contributed by atoms with Gasteiger partial charge in [0.05, 0.1) is 0 Å². The highest BCUT2D eigenvalue weighted by molar-refractivity contribution is 5.90. The molecule has 0 aliphatic rings. The summed E-state index contributed by atoms with van der Waals surface area (Å²) in [4.78, 5) is 14.6. The highest BCUT2D eigenvalue weighted by Gasteiger charge is 2.00. The Kier molecular flexibility index (Phi) is 3.43. The van der Waals surface area contributed by atoms with Gasteiger partial charge in [-0.3, -0.25) is 9.78 Å². The Balaban J connectivity index is 2.64. The van der Waals surface area contributed by atoms with E-state index in [1.54, 1.807) is 12.3 Å². The molecule has 0 saturated carbocycles. The molecule has 1 aromatic heterocycles. The number of hydrogen-bond donors (Lipinski definition) is 1. The minimum atomic E-state index is -0.470. The molecular formula is C10H14N2O. The zero-order chi connectivity index (χ0) is 9.68. The molecule has 0 aromatic carbocycles. The molecule has 0 bridgehead atoms. The second-order valence-corrected chi connectivity index (χ2v) is 3.02. The summed E-state index contributed by atoms with van der Waals surface area (Å²) in [7, 11) is 0. The van der Waals surface area contributed by atoms with Crippen LogP contribution in [0.25, 0.3) is 0 Å². The lowest BCUT2D eigenvalue weighted by Crippen LogP contribution is -2.12. The fourth-order valence-corrected chi connectivity index (χ4v) is 1.10. The van der Waals surface area contributed by atoms with Crippen molar-refractivity contribution in [1.29, 1.82) is 0 Å². The van der Waals surface area contributed by atoms with Crippen LogP contribution in [0.4, 0.5) is 0 Å². The number of amides is 1. The number of unbranched alkanes of at least 4 members (excludes halogenated alkanes) is 1. The van der Waals surface area contributed by atoms with E-state index in [2.05, 4.69) is 11.9 Å². The van der Waals surface area contributed by atoms with E-state index in [9.17, 15) is 4.79 Å². The topological polar surface area (TPSA) is 56.0 Å². The Morgan fingerprint density at radius 2 is 2.31 bits per heavy atom. The molecule has 1 heterocycles. The summed E-state index contributed by atoms with van der Waals surface area (Å²) in [6, 6.07) is 3.58. The van der Waals surface area contributed by atoms with E-state index in [4.69, 9.17) is 5.73 Å². The number of hydrogen-bond acceptors (Lipinski definition) is 2. The van der Waals surface area contributed by atoms with Gasteiger partial charge in [-0.25, -0.2) is 0 Å². The molecule has 1 rings (SSSR count). The molecule has 70 valence electrons. The fraction of sp³-hybridized carbons (Fsp3) is 0.400. The number of carbonyl (C=O) groups is 1. The molecule has 13 heavy (non-hydrogen) atoms. The van der Waals surface area contributed by atoms with Gasteiger partial charge < -0.3 is 5.73 Å². The van der Waals surface area contributed by atoms with Gasteiger partial charge in [0.1, 0.15) is 5.69 Å². The summed E-state index contributed by atoms with van der Waals surface area (Å²) < 4.78 is 0. The van der Waals surface area contributed by atoms with Crippen LogP contribution in [0.1, 0.15) is 35.8 Å². The van der Waals surface area contributed by atoms with E-state index >= 15 is 0 Å². The van der Waals surface area contributed by atoms with Crippen LogP contribution in [0.2, 0.25) is 0 Å². The maximum atomic E-state index is 10.7. The van der Waals surface area contributed by atoms with Crippen LogP contribution in [0.5, 0.6) is 0 Å². The minimum Gasteiger partial charge on any atom is -0.364 e. The summed E-state index contributed by atoms with van der Waals surface area (Å²) >= 11 is 0. The Morgan fingerprint density at radius 3 is 2.77 bits per heavy atom. The second kappa shape index (κ2) is 4.60. The van der Waals surface area contributed by atoms with Gasteiger partial charge in [0.15, 0.2) is 0 Å². The summed E-state index contributed by atoms with van der Waals surface area (Å²) in [5.41, 5.74) is 6.56. The molecule has 0 radical (unpaired) electrons. The van der Waals surface area contributed by atoms with Crippen molar-refractivity contribution < 1.29 is 4.79 Å². The molecule has 0 spiro atoms. The first-order chi connectivity index (χ1) is 6.24. The van der Waals surface area contributed by atoms with Crippen LogP contribution in [-0.4, -0.2) is 10.9 Å². The van der Waals surface area contributed by atoms with E-state index < -0.39 is 5.91 Å². The number of aromatic nitrogens is 1. The van der Waals surface area contributed by atoms with E-state index in [1.165, 1.54) is 0 Å². The second-order valence-electron chi connectivity index (χ2n) is 3.02. The summed E-state index contributed by atoms with van der Waals surface area (Å²) in [5, 5.41) is 0. The van der Waals surface area contributed by atoms with Gasteiger partial charge >= 0.3 is 0 Å². The van der Waals surface area contributed by atoms with Gasteiger partial charge in [0, 0.05) is 6.20 Å². The molecule has 2 N–H and O–H groups in total. The smallest absolute Gasteiger partial charge is 0.267 e. The first kappa shape index (κ1) is 9.71. The summed E-state index contributed by atoms with van der Waals surface area (Å²) in [5.74, 6) is -0.470. The van der Waals surface area contributed by atoms with E-state index in [1.807, 2.05) is 6.07 Å². The molecule has 0 saturated heterocycles. The average Bonchev–Trinajstić information content (AvgIpc) is 2.15. The molecule has 0 aliphatic heterocycles. The molecule has 0 fully saturated rings. The average molecular weight is 178 g/mol. The SMILES string of the molecule is CCCCc1ccc(C(N)=O)nc1. The van der Waals surface area contributed by atoms with Gasteiger partial charge in [-0.15, -0.1) is 0 Å². The number of primary amides is 1. The minimum absolute atomic E-state index is 0.334. The lowest BCUT2D eigenvalue weighted by Gasteiger charge is -1.99. The Labute approximate surface area is 78.0 Å². The number of nitrogens with two attached hydrogens (primary N) is 1. The predicted octanol–water partition coefficient (Wildman–Crippen LogP) is 1.52. The molecule has 0 unspecified atom stereocenters. The monoisotopic (exact) mass is 178 g/mol. The van der Waals surface area contributed by atoms with Crippen LogP contribution < -0.4 is 5.73 Å². The molecule has 3 heteroatoms. The van der Waals surface area contributed by atoms with Crippen molar-refractivity contribution in [1.82, 2.24) is 4.98 Å². The van der Waals surface area contributed by atoms with E-state index in [0.717, 1.165) is 24.8 Å². The number of pyridine rings is 1. The van der Waals surface area contributed by atoms with Crippen LogP contribution in [0.3, 0.4) is 0 Å². The van der Waals surface area contributed by atoms with Crippen molar-refractivity contribution in [3.05, 3.63) is 29.6 Å². The van der Waals surface area contributed by atoms with E-state index in [-0.39, 0.29) is 0 Å². The quantitative estimate of drug-likeness (QED) is 0.760. The summed E-state index contributed by atoms with van der Waals surface area (Å²) in [6.07, 6.45) is 5.05. The third-order valence-corrected chi connectivity index (χ3v) is 1.90. The third-order valence-electron chi connectivity index (χ3n) is 1.90. The van der Waals surface area contributed by atoms with Crippen LogP contribution in [0, 0.1) is 0 Å². The maximum absolute atomic E-state index is 10.7. The number of nitrogens with zero attached hydrogens (tertiary/aromatic N) is 1. The van der Waals surface area contributed by atoms with Crippen LogP contribution in [0.15, 0.2) is 18.3 Å². The number of rotatable bonds is 4. The molecule has 1 amide bonds. The first-order valence-electron chi connectivity index (χ1n) is 4.48. The van der Waals surface area contributed by atoms with Crippen LogP contribution >= 0.6 is 0 Å². The standard InChI is InChI=1S/C10H14N2O/c1-2-3-4-8-5-6-9(10(11)13)12-7-8/h5-7H,2-4H2,1H3,(H2,11,13). The lowest BCUT2D eigenvalue weighted by atomic mass is 10.1. The summed E-state index contributed by atoms with van der Waals surface area (Å²) in [6.45, 7) is 2.14. The van der Waals surface area contributed by atoms with Gasteiger partial charge in [-0.2, -0.15) is 0 Å². The molecule has 3 nitrogen and oxygen atoms in total. The third kappa shape index (κ3) is 2.86. The zero-order valence-electron chi connectivity index (χ0n) is 7.79. The number of aryl methyl sites for hydroxylation is 1. The molecule has 0 atom stereocenters. The van der Waals surface area contributed by atoms with Crippen molar-refractivity contribution >= 4 is 5.91 Å². The predicted molar refractivity (Wildman–Crippen MR) is 51.4 cm³/mol. The highest BCUT2D eigenvalue weighted by atomic mass is 16.1. The van der Waals surface area contributed by atoms with Gasteiger partial charge in [-0.05, 0) is 24.5 Å². The Bertz CT molecular complexity index is 279. The highest BCUT2D eigenvalue weighted by Crippen LogP contribution is 2.04. The Morgan fingerprint density at radius 1 is 1.54 bits per heavy atom. The molecular weight excluding hydrogens is 164 g/mol. The van der Waals surface area contributed by atoms with Gasteiger partial charge in [0.25, 0.3) is 5.91 Å². The normalized spacial score (nSPS) is 9.92. The first-order valence-corrected chi connectivity index (χ1v) is 4.48. The van der Waals surface area contributed by atoms with Crippen molar-refractivity contribution in [3.8, 4) is 0 Å². The van der Waals surface area contributed by atoms with Gasteiger partial charge in [0.2, 0.25) is 0 Å². The maximum Gasteiger partial charge on any atom is 0.267 e. The van der Waals surface area contributed by atoms with Crippen molar-refractivity contribution in [2.45, 2.75) is 26.2 Å². The zero-order valence-corrected chi connectivity index (χ0v) is 7.79. The van der Waals surface area contributed by atoms with Crippen molar-refractivity contribution in [2.75, 3.05) is 0 Å². The Hall–Kier alpha value is -1.38. The lowest BCUT2D eigenvalue weighted by molar-refractivity contribution is 0.0995. The molecule has 0 aliphatic carbocycles. The largest absolute Gasteiger partial charge is 0.364 e. The van der Waals surface area contributed by atoms with Gasteiger partial charge in [-0.1, -0.05) is 19.4 Å². The molecule has 1 aromatic rings. The van der Waals surface area contributed by atoms with Crippen LogP contribution in [-0.2, 0) is 6.42 Å². The van der Waals surface area contributed by atoms with Crippen molar-refractivity contribution in [2.24, 2.45) is 5.73 Å².